The molecular formula is C29H35N5O5. The molecule has 1 saturated carbocycles. The number of anilines is 3. The molecule has 0 radical (unpaired) electrons. The number of likely N-dealkylation sites (tertiary alicyclic amines) is 1. The molecule has 39 heavy (non-hydrogen) atoms. The van der Waals surface area contributed by atoms with Crippen LogP contribution in [0.4, 0.5) is 21.9 Å². The van der Waals surface area contributed by atoms with Gasteiger partial charge in [0.1, 0.15) is 12.6 Å². The second-order valence-electron chi connectivity index (χ2n) is 10.5. The normalized spacial score (nSPS) is 19.8. The summed E-state index contributed by atoms with van der Waals surface area (Å²) in [6.07, 6.45) is 7.30. The van der Waals surface area contributed by atoms with E-state index in [4.69, 9.17) is 0 Å². The number of nitrogens with one attached hydrogen (secondary N) is 2. The van der Waals surface area contributed by atoms with Crippen LogP contribution >= 0.6 is 0 Å². The summed E-state index contributed by atoms with van der Waals surface area (Å²) in [5, 5.41) is 14.8. The van der Waals surface area contributed by atoms with Gasteiger partial charge in [-0.2, -0.15) is 0 Å². The van der Waals surface area contributed by atoms with Gasteiger partial charge < -0.3 is 25.5 Å². The smallest absolute Gasteiger partial charge is 0.335 e. The van der Waals surface area contributed by atoms with Gasteiger partial charge in [-0.25, -0.2) is 9.59 Å². The number of amides is 4. The van der Waals surface area contributed by atoms with E-state index in [1.165, 1.54) is 23.5 Å². The summed E-state index contributed by atoms with van der Waals surface area (Å²) >= 11 is 0. The number of carboxylic acid groups (broad SMARTS) is 1. The molecule has 1 saturated heterocycles. The van der Waals surface area contributed by atoms with Crippen LogP contribution < -0.4 is 20.4 Å². The predicted molar refractivity (Wildman–Crippen MR) is 148 cm³/mol. The largest absolute Gasteiger partial charge is 0.478 e. The van der Waals surface area contributed by atoms with Crippen molar-refractivity contribution in [2.45, 2.75) is 57.0 Å². The van der Waals surface area contributed by atoms with Crippen molar-refractivity contribution in [2.24, 2.45) is 0 Å². The van der Waals surface area contributed by atoms with Crippen molar-refractivity contribution in [1.29, 1.82) is 0 Å². The molecular weight excluding hydrogens is 498 g/mol. The lowest BCUT2D eigenvalue weighted by molar-refractivity contribution is -0.130. The van der Waals surface area contributed by atoms with Crippen LogP contribution in [0, 0.1) is 0 Å². The van der Waals surface area contributed by atoms with Gasteiger partial charge in [0, 0.05) is 31.4 Å². The first-order chi connectivity index (χ1) is 18.9. The van der Waals surface area contributed by atoms with E-state index in [0.717, 1.165) is 44.2 Å². The molecule has 2 aromatic rings. The molecule has 0 spiro atoms. The molecule has 10 heteroatoms. The number of para-hydroxylation sites is 2. The first-order valence-electron chi connectivity index (χ1n) is 13.8. The molecule has 5 rings (SSSR count). The third-order valence-corrected chi connectivity index (χ3v) is 7.87. The Balaban J connectivity index is 1.43. The first kappa shape index (κ1) is 26.5. The fraction of sp³-hybridized carbons (Fsp3) is 0.448. The number of aromatic carboxylic acids is 1. The number of hydrogen-bond acceptors (Lipinski definition) is 5. The molecule has 0 bridgehead atoms. The van der Waals surface area contributed by atoms with Crippen molar-refractivity contribution >= 4 is 40.9 Å². The van der Waals surface area contributed by atoms with E-state index in [2.05, 4.69) is 15.5 Å². The molecule has 4 amide bonds. The maximum Gasteiger partial charge on any atom is 0.335 e. The highest BCUT2D eigenvalue weighted by Gasteiger charge is 2.38. The fourth-order valence-electron chi connectivity index (χ4n) is 5.88. The summed E-state index contributed by atoms with van der Waals surface area (Å²) in [5.74, 6) is -1.55. The molecule has 2 fully saturated rings. The lowest BCUT2D eigenvalue weighted by Crippen LogP contribution is -2.55. The van der Waals surface area contributed by atoms with E-state index in [9.17, 15) is 24.3 Å². The van der Waals surface area contributed by atoms with Gasteiger partial charge in [0.05, 0.1) is 16.9 Å². The zero-order valence-corrected chi connectivity index (χ0v) is 22.0. The van der Waals surface area contributed by atoms with Crippen LogP contribution in [0.1, 0.15) is 55.3 Å². The summed E-state index contributed by atoms with van der Waals surface area (Å²) in [7, 11) is 0. The number of rotatable bonds is 6. The first-order valence-corrected chi connectivity index (χ1v) is 13.8. The molecule has 3 N–H and O–H groups in total. The molecule has 0 aromatic heterocycles. The van der Waals surface area contributed by atoms with Crippen LogP contribution in [0.5, 0.6) is 0 Å². The molecule has 1 unspecified atom stereocenters. The Hall–Kier alpha value is -4.08. The number of nitrogens with zero attached hydrogens (tertiary/aromatic N) is 3. The quantitative estimate of drug-likeness (QED) is 0.521. The Bertz CT molecular complexity index is 1240. The summed E-state index contributed by atoms with van der Waals surface area (Å²) in [4.78, 5) is 57.2. The molecule has 2 aliphatic heterocycles. The number of carbonyl (C=O) groups is 4. The van der Waals surface area contributed by atoms with Crippen molar-refractivity contribution in [3.05, 3.63) is 54.1 Å². The average molecular weight is 534 g/mol. The van der Waals surface area contributed by atoms with Gasteiger partial charge in [-0.05, 0) is 56.0 Å². The predicted octanol–water partition coefficient (Wildman–Crippen LogP) is 3.68. The number of carboxylic acids is 1. The third-order valence-electron chi connectivity index (χ3n) is 7.87. The van der Waals surface area contributed by atoms with E-state index in [1.807, 2.05) is 24.3 Å². The lowest BCUT2D eigenvalue weighted by Gasteiger charge is -2.37. The lowest BCUT2D eigenvalue weighted by atomic mass is 9.93. The zero-order chi connectivity index (χ0) is 27.4. The number of hydrogen-bond donors (Lipinski definition) is 3. The minimum atomic E-state index is -1.10. The molecule has 206 valence electrons. The molecule has 1 aliphatic carbocycles. The van der Waals surface area contributed by atoms with Crippen LogP contribution in [0.25, 0.3) is 0 Å². The molecule has 10 nitrogen and oxygen atoms in total. The third kappa shape index (κ3) is 6.00. The highest BCUT2D eigenvalue weighted by molar-refractivity contribution is 6.07. The van der Waals surface area contributed by atoms with E-state index in [-0.39, 0.29) is 36.5 Å². The zero-order valence-electron chi connectivity index (χ0n) is 22.0. The summed E-state index contributed by atoms with van der Waals surface area (Å²) in [6, 6.07) is 12.3. The molecule has 1 atom stereocenters. The molecule has 3 aliphatic rings. The molecule has 2 aromatic carbocycles. The maximum atomic E-state index is 14.0. The van der Waals surface area contributed by atoms with Crippen molar-refractivity contribution in [3.8, 4) is 0 Å². The number of fused-ring (bicyclic) bond motifs is 1. The number of benzene rings is 2. The maximum absolute atomic E-state index is 14.0. The van der Waals surface area contributed by atoms with Crippen molar-refractivity contribution in [1.82, 2.24) is 10.2 Å². The van der Waals surface area contributed by atoms with Crippen LogP contribution in [0.15, 0.2) is 48.5 Å². The van der Waals surface area contributed by atoms with Crippen molar-refractivity contribution < 1.29 is 24.3 Å². The van der Waals surface area contributed by atoms with Crippen molar-refractivity contribution in [2.75, 3.05) is 41.3 Å². The Kier molecular flexibility index (Phi) is 7.99. The monoisotopic (exact) mass is 533 g/mol. The summed E-state index contributed by atoms with van der Waals surface area (Å²) < 4.78 is 0. The van der Waals surface area contributed by atoms with E-state index < -0.39 is 18.0 Å². The molecule has 2 heterocycles. The van der Waals surface area contributed by atoms with Crippen LogP contribution in [-0.4, -0.2) is 72.1 Å². The number of urea groups is 1. The van der Waals surface area contributed by atoms with Crippen molar-refractivity contribution in [3.63, 3.8) is 0 Å². The van der Waals surface area contributed by atoms with Crippen LogP contribution in [-0.2, 0) is 9.59 Å². The Morgan fingerprint density at radius 1 is 0.897 bits per heavy atom. The topological polar surface area (TPSA) is 122 Å². The SMILES string of the molecule is O=C(Nc1cccc(C(=O)O)c1)NC1CN(C2CCCCC2)c2ccccc2N(CC(=O)N2CCCC2)C1=O. The highest BCUT2D eigenvalue weighted by atomic mass is 16.4. The van der Waals surface area contributed by atoms with E-state index in [0.29, 0.717) is 24.5 Å². The van der Waals surface area contributed by atoms with Gasteiger partial charge in [-0.15, -0.1) is 0 Å². The van der Waals surface area contributed by atoms with Gasteiger partial charge >= 0.3 is 12.0 Å². The highest BCUT2D eigenvalue weighted by Crippen LogP contribution is 2.37. The van der Waals surface area contributed by atoms with E-state index in [1.54, 1.807) is 17.0 Å². The van der Waals surface area contributed by atoms with Gasteiger partial charge in [-0.3, -0.25) is 14.5 Å². The number of carbonyl (C=O) groups excluding carboxylic acids is 3. The minimum absolute atomic E-state index is 0.0452. The summed E-state index contributed by atoms with van der Waals surface area (Å²) in [5.41, 5.74) is 1.93. The van der Waals surface area contributed by atoms with Gasteiger partial charge in [0.15, 0.2) is 0 Å². The van der Waals surface area contributed by atoms with Crippen LogP contribution in [0.3, 0.4) is 0 Å². The Labute approximate surface area is 227 Å². The summed E-state index contributed by atoms with van der Waals surface area (Å²) in [6.45, 7) is 1.57. The Morgan fingerprint density at radius 3 is 2.33 bits per heavy atom. The second-order valence-corrected chi connectivity index (χ2v) is 10.5. The van der Waals surface area contributed by atoms with E-state index >= 15 is 0 Å². The standard InChI is InChI=1S/C29H35N5O5/c35-26(32-15-6-7-16-32)19-34-25-14-5-4-13-24(25)33(22-11-2-1-3-12-22)18-23(27(34)36)31-29(39)30-21-10-8-9-20(17-21)28(37)38/h4-5,8-10,13-14,17,22-23H,1-3,6-7,11-12,15-16,18-19H2,(H,37,38)(H2,30,31,39). The van der Waals surface area contributed by atoms with Crippen LogP contribution in [0.2, 0.25) is 0 Å². The Morgan fingerprint density at radius 2 is 1.62 bits per heavy atom. The van der Waals surface area contributed by atoms with Gasteiger partial charge in [0.25, 0.3) is 5.91 Å². The van der Waals surface area contributed by atoms with Gasteiger partial charge in [-0.1, -0.05) is 37.5 Å². The average Bonchev–Trinajstić information content (AvgIpc) is 3.46. The minimum Gasteiger partial charge on any atom is -0.478 e. The second kappa shape index (κ2) is 11.8. The van der Waals surface area contributed by atoms with Gasteiger partial charge in [0.2, 0.25) is 5.91 Å². The fourth-order valence-corrected chi connectivity index (χ4v) is 5.88.